The molecule has 1 aliphatic rings. The van der Waals surface area contributed by atoms with Gasteiger partial charge in [0.1, 0.15) is 6.61 Å². The molecule has 7 nitrogen and oxygen atoms in total. The highest BCUT2D eigenvalue weighted by molar-refractivity contribution is 7.99. The standard InChI is InChI=1S/C14H20N4O3S/c1-9(12-15-11(8-19-2)18-21-12)22-14-17-16-13(20-14)10-6-4-3-5-7-10/h9-10H,3-8H2,1-2H3/t9-/m1/s1. The van der Waals surface area contributed by atoms with Crippen molar-refractivity contribution in [3.63, 3.8) is 0 Å². The van der Waals surface area contributed by atoms with E-state index in [0.29, 0.717) is 29.5 Å². The maximum absolute atomic E-state index is 5.80. The average Bonchev–Trinajstić information content (AvgIpc) is 3.18. The maximum atomic E-state index is 5.80. The number of hydrogen-bond acceptors (Lipinski definition) is 8. The molecule has 2 aromatic heterocycles. The smallest absolute Gasteiger partial charge is 0.277 e. The summed E-state index contributed by atoms with van der Waals surface area (Å²) in [7, 11) is 1.60. The van der Waals surface area contributed by atoms with Gasteiger partial charge in [0.25, 0.3) is 5.22 Å². The second-order valence-electron chi connectivity index (χ2n) is 5.48. The molecule has 0 aliphatic heterocycles. The zero-order valence-corrected chi connectivity index (χ0v) is 13.6. The molecule has 0 bridgehead atoms. The van der Waals surface area contributed by atoms with Gasteiger partial charge in [0.2, 0.25) is 11.8 Å². The fourth-order valence-corrected chi connectivity index (χ4v) is 3.32. The summed E-state index contributed by atoms with van der Waals surface area (Å²) >= 11 is 1.44. The Bertz CT molecular complexity index is 594. The molecule has 1 aliphatic carbocycles. The summed E-state index contributed by atoms with van der Waals surface area (Å²) in [5.74, 6) is 2.26. The molecule has 1 atom stereocenters. The fraction of sp³-hybridized carbons (Fsp3) is 0.714. The Kier molecular flexibility index (Phi) is 5.09. The van der Waals surface area contributed by atoms with Crippen molar-refractivity contribution in [3.05, 3.63) is 17.6 Å². The number of ether oxygens (including phenoxy) is 1. The minimum atomic E-state index is -0.0437. The second-order valence-corrected chi connectivity index (χ2v) is 6.78. The monoisotopic (exact) mass is 324 g/mol. The molecule has 1 fully saturated rings. The van der Waals surface area contributed by atoms with Gasteiger partial charge in [0.15, 0.2) is 5.82 Å². The molecule has 0 amide bonds. The highest BCUT2D eigenvalue weighted by Gasteiger charge is 2.23. The summed E-state index contributed by atoms with van der Waals surface area (Å²) in [4.78, 5) is 4.28. The van der Waals surface area contributed by atoms with Crippen LogP contribution in [0.1, 0.15) is 67.8 Å². The van der Waals surface area contributed by atoms with Crippen molar-refractivity contribution in [3.8, 4) is 0 Å². The molecule has 22 heavy (non-hydrogen) atoms. The number of aromatic nitrogens is 4. The molecule has 8 heteroatoms. The lowest BCUT2D eigenvalue weighted by atomic mass is 9.89. The minimum absolute atomic E-state index is 0.0437. The largest absolute Gasteiger partial charge is 0.416 e. The summed E-state index contributed by atoms with van der Waals surface area (Å²) < 4.78 is 16.0. The fourth-order valence-electron chi connectivity index (χ4n) is 2.60. The van der Waals surface area contributed by atoms with E-state index in [1.165, 1.54) is 31.0 Å². The SMILES string of the molecule is COCc1noc([C@@H](C)Sc2nnc(C3CCCCC3)o2)n1. The van der Waals surface area contributed by atoms with Crippen LogP contribution in [0.15, 0.2) is 14.2 Å². The minimum Gasteiger partial charge on any atom is -0.416 e. The Balaban J connectivity index is 1.61. The van der Waals surface area contributed by atoms with Crippen LogP contribution in [0.25, 0.3) is 0 Å². The van der Waals surface area contributed by atoms with Gasteiger partial charge in [-0.25, -0.2) is 0 Å². The Morgan fingerprint density at radius 3 is 2.86 bits per heavy atom. The molecular formula is C14H20N4O3S. The Morgan fingerprint density at radius 2 is 2.09 bits per heavy atom. The van der Waals surface area contributed by atoms with Crippen LogP contribution in [-0.4, -0.2) is 27.4 Å². The molecule has 0 N–H and O–H groups in total. The summed E-state index contributed by atoms with van der Waals surface area (Å²) in [6, 6.07) is 0. The molecule has 0 saturated heterocycles. The highest BCUT2D eigenvalue weighted by Crippen LogP contribution is 2.36. The lowest BCUT2D eigenvalue weighted by Gasteiger charge is -2.17. The van der Waals surface area contributed by atoms with Crippen molar-refractivity contribution in [2.75, 3.05) is 7.11 Å². The van der Waals surface area contributed by atoms with E-state index in [2.05, 4.69) is 20.3 Å². The van der Waals surface area contributed by atoms with Gasteiger partial charge in [0, 0.05) is 13.0 Å². The van der Waals surface area contributed by atoms with Crippen molar-refractivity contribution in [2.24, 2.45) is 0 Å². The third-order valence-electron chi connectivity index (χ3n) is 3.76. The van der Waals surface area contributed by atoms with Gasteiger partial charge in [-0.2, -0.15) is 4.98 Å². The van der Waals surface area contributed by atoms with Crippen LogP contribution < -0.4 is 0 Å². The van der Waals surface area contributed by atoms with Gasteiger partial charge in [-0.1, -0.05) is 36.2 Å². The van der Waals surface area contributed by atoms with E-state index < -0.39 is 0 Å². The van der Waals surface area contributed by atoms with Crippen molar-refractivity contribution in [1.29, 1.82) is 0 Å². The summed E-state index contributed by atoms with van der Waals surface area (Å²) in [6.07, 6.45) is 6.09. The van der Waals surface area contributed by atoms with Gasteiger partial charge in [-0.3, -0.25) is 0 Å². The lowest BCUT2D eigenvalue weighted by Crippen LogP contribution is -2.04. The molecule has 3 rings (SSSR count). The molecule has 2 heterocycles. The van der Waals surface area contributed by atoms with Gasteiger partial charge in [-0.15, -0.1) is 10.2 Å². The number of thioether (sulfide) groups is 1. The topological polar surface area (TPSA) is 87.1 Å². The molecular weight excluding hydrogens is 304 g/mol. The van der Waals surface area contributed by atoms with Crippen molar-refractivity contribution >= 4 is 11.8 Å². The summed E-state index contributed by atoms with van der Waals surface area (Å²) in [5, 5.41) is 12.7. The quantitative estimate of drug-likeness (QED) is 0.746. The van der Waals surface area contributed by atoms with Crippen LogP contribution in [0.3, 0.4) is 0 Å². The van der Waals surface area contributed by atoms with Gasteiger partial charge < -0.3 is 13.7 Å². The van der Waals surface area contributed by atoms with Crippen molar-refractivity contribution < 1.29 is 13.7 Å². The van der Waals surface area contributed by atoms with Crippen LogP contribution in [0.2, 0.25) is 0 Å². The second kappa shape index (κ2) is 7.23. The average molecular weight is 324 g/mol. The van der Waals surface area contributed by atoms with Crippen LogP contribution in [-0.2, 0) is 11.3 Å². The number of methoxy groups -OCH3 is 1. The lowest BCUT2D eigenvalue weighted by molar-refractivity contribution is 0.174. The molecule has 0 radical (unpaired) electrons. The van der Waals surface area contributed by atoms with E-state index in [4.69, 9.17) is 13.7 Å². The van der Waals surface area contributed by atoms with E-state index in [1.54, 1.807) is 7.11 Å². The first kappa shape index (κ1) is 15.5. The first-order chi connectivity index (χ1) is 10.8. The van der Waals surface area contributed by atoms with E-state index in [1.807, 2.05) is 6.92 Å². The van der Waals surface area contributed by atoms with E-state index in [0.717, 1.165) is 18.7 Å². The zero-order valence-electron chi connectivity index (χ0n) is 12.8. The predicted octanol–water partition coefficient (Wildman–Crippen LogP) is 3.50. The summed E-state index contributed by atoms with van der Waals surface area (Å²) in [5.41, 5.74) is 0. The van der Waals surface area contributed by atoms with Crippen molar-refractivity contribution in [2.45, 2.75) is 62.0 Å². The van der Waals surface area contributed by atoms with Crippen molar-refractivity contribution in [1.82, 2.24) is 20.3 Å². The Hall–Kier alpha value is -1.41. The normalized spacial score (nSPS) is 17.7. The molecule has 0 unspecified atom stereocenters. The predicted molar refractivity (Wildman–Crippen MR) is 79.4 cm³/mol. The third-order valence-corrected chi connectivity index (χ3v) is 4.68. The molecule has 120 valence electrons. The first-order valence-corrected chi connectivity index (χ1v) is 8.45. The van der Waals surface area contributed by atoms with E-state index in [9.17, 15) is 0 Å². The maximum Gasteiger partial charge on any atom is 0.277 e. The van der Waals surface area contributed by atoms with Crippen LogP contribution in [0.4, 0.5) is 0 Å². The Labute approximate surface area is 133 Å². The highest BCUT2D eigenvalue weighted by atomic mass is 32.2. The zero-order chi connectivity index (χ0) is 15.4. The van der Waals surface area contributed by atoms with E-state index >= 15 is 0 Å². The Morgan fingerprint density at radius 1 is 1.27 bits per heavy atom. The molecule has 1 saturated carbocycles. The first-order valence-electron chi connectivity index (χ1n) is 7.57. The van der Waals surface area contributed by atoms with Crippen LogP contribution >= 0.6 is 11.8 Å². The number of rotatable bonds is 6. The number of nitrogens with zero attached hydrogens (tertiary/aromatic N) is 4. The van der Waals surface area contributed by atoms with Gasteiger partial charge in [0.05, 0.1) is 5.25 Å². The molecule has 0 aromatic carbocycles. The van der Waals surface area contributed by atoms with Crippen LogP contribution in [0, 0.1) is 0 Å². The third kappa shape index (κ3) is 3.67. The summed E-state index contributed by atoms with van der Waals surface area (Å²) in [6.45, 7) is 2.31. The number of hydrogen-bond donors (Lipinski definition) is 0. The van der Waals surface area contributed by atoms with Gasteiger partial charge >= 0.3 is 0 Å². The molecule has 2 aromatic rings. The molecule has 0 spiro atoms. The van der Waals surface area contributed by atoms with Gasteiger partial charge in [-0.05, 0) is 19.8 Å². The van der Waals surface area contributed by atoms with E-state index in [-0.39, 0.29) is 5.25 Å². The van der Waals surface area contributed by atoms with Crippen LogP contribution in [0.5, 0.6) is 0 Å².